The Morgan fingerprint density at radius 2 is 1.92 bits per heavy atom. The number of fused-ring (bicyclic) bond motifs is 3. The second-order valence-electron chi connectivity index (χ2n) is 5.50. The molecule has 3 nitrogen and oxygen atoms in total. The molecule has 0 saturated carbocycles. The van der Waals surface area contributed by atoms with E-state index >= 15 is 0 Å². The molecular weight excluding hydrogens is 384 g/mol. The molecule has 1 aromatic heterocycles. The first-order valence-corrected chi connectivity index (χ1v) is 9.06. The lowest BCUT2D eigenvalue weighted by molar-refractivity contribution is 0.0998. The minimum absolute atomic E-state index is 0.234. The van der Waals surface area contributed by atoms with Crippen LogP contribution < -0.4 is 4.80 Å². The molecule has 4 rings (SSSR count). The Morgan fingerprint density at radius 3 is 2.75 bits per heavy atom. The highest BCUT2D eigenvalue weighted by atomic mass is 79.9. The van der Waals surface area contributed by atoms with E-state index in [9.17, 15) is 4.79 Å². The molecule has 0 fully saturated rings. The molecule has 0 atom stereocenters. The van der Waals surface area contributed by atoms with Crippen molar-refractivity contribution < 1.29 is 4.79 Å². The van der Waals surface area contributed by atoms with Gasteiger partial charge >= 0.3 is 0 Å². The normalized spacial score (nSPS) is 12.2. The molecule has 0 bridgehead atoms. The fourth-order valence-electron chi connectivity index (χ4n) is 2.80. The van der Waals surface area contributed by atoms with Gasteiger partial charge in [0.15, 0.2) is 4.80 Å². The summed E-state index contributed by atoms with van der Waals surface area (Å²) in [6.07, 6.45) is 0. The van der Waals surface area contributed by atoms with E-state index in [0.29, 0.717) is 10.4 Å². The fraction of sp³-hybridized carbons (Fsp3) is 0.0526. The number of thiazole rings is 1. The standard InChI is InChI=1S/C19H13BrN2OS/c1-22-17-15-8-3-2-5-12(15)9-10-16(17)24-19(22)21-18(23)13-6-4-7-14(20)11-13/h2-11H,1H3. The first-order valence-electron chi connectivity index (χ1n) is 7.45. The zero-order chi connectivity index (χ0) is 16.7. The monoisotopic (exact) mass is 396 g/mol. The van der Waals surface area contributed by atoms with E-state index < -0.39 is 0 Å². The summed E-state index contributed by atoms with van der Waals surface area (Å²) in [5.41, 5.74) is 1.69. The second-order valence-corrected chi connectivity index (χ2v) is 7.43. The lowest BCUT2D eigenvalue weighted by atomic mass is 10.1. The predicted octanol–water partition coefficient (Wildman–Crippen LogP) is 4.90. The Balaban J connectivity index is 1.93. The third-order valence-corrected chi connectivity index (χ3v) is 5.55. The van der Waals surface area contributed by atoms with Gasteiger partial charge in [-0.2, -0.15) is 4.99 Å². The second kappa shape index (κ2) is 6.00. The summed E-state index contributed by atoms with van der Waals surface area (Å²) in [5.74, 6) is -0.234. The van der Waals surface area contributed by atoms with Crippen LogP contribution in [0.15, 0.2) is 70.1 Å². The molecule has 0 aliphatic rings. The molecule has 0 aliphatic carbocycles. The SMILES string of the molecule is Cn1c(=NC(=O)c2cccc(Br)c2)sc2ccc3ccccc3c21. The number of halogens is 1. The smallest absolute Gasteiger partial charge is 0.279 e. The van der Waals surface area contributed by atoms with Crippen LogP contribution in [0.2, 0.25) is 0 Å². The van der Waals surface area contributed by atoms with E-state index in [-0.39, 0.29) is 5.91 Å². The van der Waals surface area contributed by atoms with Gasteiger partial charge in [-0.25, -0.2) is 0 Å². The molecule has 0 aliphatic heterocycles. The highest BCUT2D eigenvalue weighted by Crippen LogP contribution is 2.26. The van der Waals surface area contributed by atoms with Crippen LogP contribution in [0.5, 0.6) is 0 Å². The van der Waals surface area contributed by atoms with Crippen molar-refractivity contribution in [2.45, 2.75) is 0 Å². The van der Waals surface area contributed by atoms with E-state index in [1.807, 2.05) is 35.9 Å². The molecule has 3 aromatic carbocycles. The molecule has 0 unspecified atom stereocenters. The van der Waals surface area contributed by atoms with Crippen LogP contribution in [-0.2, 0) is 7.05 Å². The van der Waals surface area contributed by atoms with Gasteiger partial charge in [-0.15, -0.1) is 0 Å². The fourth-order valence-corrected chi connectivity index (χ4v) is 4.23. The summed E-state index contributed by atoms with van der Waals surface area (Å²) in [7, 11) is 1.96. The number of carbonyl (C=O) groups excluding carboxylic acids is 1. The number of benzene rings is 3. The summed E-state index contributed by atoms with van der Waals surface area (Å²) in [4.78, 5) is 17.5. The van der Waals surface area contributed by atoms with Crippen LogP contribution in [0.1, 0.15) is 10.4 Å². The number of aromatic nitrogens is 1. The molecule has 0 spiro atoms. The summed E-state index contributed by atoms with van der Waals surface area (Å²) < 4.78 is 3.99. The van der Waals surface area contributed by atoms with Crippen molar-refractivity contribution in [3.63, 3.8) is 0 Å². The molecule has 0 saturated heterocycles. The number of rotatable bonds is 1. The number of nitrogens with zero attached hydrogens (tertiary/aromatic N) is 2. The number of amides is 1. The van der Waals surface area contributed by atoms with Gasteiger partial charge in [-0.1, -0.05) is 63.7 Å². The van der Waals surface area contributed by atoms with Gasteiger partial charge in [0.05, 0.1) is 10.2 Å². The van der Waals surface area contributed by atoms with E-state index in [0.717, 1.165) is 14.7 Å². The first kappa shape index (κ1) is 15.3. The summed E-state index contributed by atoms with van der Waals surface area (Å²) in [5, 5.41) is 2.35. The lowest BCUT2D eigenvalue weighted by Crippen LogP contribution is -2.13. The van der Waals surface area contributed by atoms with E-state index in [4.69, 9.17) is 0 Å². The van der Waals surface area contributed by atoms with Crippen LogP contribution in [-0.4, -0.2) is 10.5 Å². The zero-order valence-corrected chi connectivity index (χ0v) is 15.3. The number of carbonyl (C=O) groups is 1. The van der Waals surface area contributed by atoms with E-state index in [2.05, 4.69) is 45.2 Å². The van der Waals surface area contributed by atoms with Gasteiger partial charge in [0.25, 0.3) is 5.91 Å². The first-order chi connectivity index (χ1) is 11.6. The van der Waals surface area contributed by atoms with Crippen LogP contribution >= 0.6 is 27.3 Å². The highest BCUT2D eigenvalue weighted by molar-refractivity contribution is 9.10. The Bertz CT molecular complexity index is 1160. The maximum atomic E-state index is 12.5. The minimum Gasteiger partial charge on any atom is -0.319 e. The van der Waals surface area contributed by atoms with Crippen LogP contribution in [0.3, 0.4) is 0 Å². The Labute approximate surface area is 151 Å². The van der Waals surface area contributed by atoms with E-state index in [1.165, 1.54) is 22.1 Å². The largest absolute Gasteiger partial charge is 0.319 e. The van der Waals surface area contributed by atoms with Crippen LogP contribution in [0.4, 0.5) is 0 Å². The van der Waals surface area contributed by atoms with E-state index in [1.54, 1.807) is 12.1 Å². The van der Waals surface area contributed by atoms with Gasteiger partial charge in [0.2, 0.25) is 0 Å². The molecule has 1 amide bonds. The Morgan fingerprint density at radius 1 is 1.08 bits per heavy atom. The van der Waals surface area contributed by atoms with Gasteiger partial charge < -0.3 is 4.57 Å². The predicted molar refractivity (Wildman–Crippen MR) is 102 cm³/mol. The third kappa shape index (κ3) is 2.60. The third-order valence-electron chi connectivity index (χ3n) is 3.96. The van der Waals surface area contributed by atoms with Gasteiger partial charge in [0.1, 0.15) is 0 Å². The maximum Gasteiger partial charge on any atom is 0.279 e. The molecule has 5 heteroatoms. The molecule has 0 N–H and O–H groups in total. The van der Waals surface area contributed by atoms with Crippen molar-refractivity contribution in [1.29, 1.82) is 0 Å². The topological polar surface area (TPSA) is 34.4 Å². The van der Waals surface area contributed by atoms with Gasteiger partial charge in [-0.05, 0) is 29.7 Å². The maximum absolute atomic E-state index is 12.5. The molecular formula is C19H13BrN2OS. The van der Waals surface area contributed by atoms with Crippen molar-refractivity contribution >= 4 is 54.2 Å². The number of hydrogen-bond acceptors (Lipinski definition) is 2. The lowest BCUT2D eigenvalue weighted by Gasteiger charge is -2.01. The molecule has 4 aromatic rings. The molecule has 24 heavy (non-hydrogen) atoms. The van der Waals surface area contributed by atoms with Crippen molar-refractivity contribution in [2.24, 2.45) is 12.0 Å². The number of aryl methyl sites for hydroxylation is 1. The quantitative estimate of drug-likeness (QED) is 0.450. The highest BCUT2D eigenvalue weighted by Gasteiger charge is 2.09. The average molecular weight is 397 g/mol. The molecule has 1 heterocycles. The molecule has 118 valence electrons. The van der Waals surface area contributed by atoms with Crippen LogP contribution in [0, 0.1) is 0 Å². The summed E-state index contributed by atoms with van der Waals surface area (Å²) in [6, 6.07) is 19.7. The van der Waals surface area contributed by atoms with Gasteiger partial charge in [0, 0.05) is 22.5 Å². The zero-order valence-electron chi connectivity index (χ0n) is 12.9. The summed E-state index contributed by atoms with van der Waals surface area (Å²) >= 11 is 4.92. The van der Waals surface area contributed by atoms with Crippen molar-refractivity contribution in [2.75, 3.05) is 0 Å². The Hall–Kier alpha value is -2.24. The van der Waals surface area contributed by atoms with Crippen molar-refractivity contribution in [3.8, 4) is 0 Å². The number of hydrogen-bond donors (Lipinski definition) is 0. The molecule has 0 radical (unpaired) electrons. The van der Waals surface area contributed by atoms with Crippen molar-refractivity contribution in [1.82, 2.24) is 4.57 Å². The minimum atomic E-state index is -0.234. The average Bonchev–Trinajstić information content (AvgIpc) is 2.91. The van der Waals surface area contributed by atoms with Crippen LogP contribution in [0.25, 0.3) is 21.0 Å². The Kier molecular flexibility index (Phi) is 3.82. The summed E-state index contributed by atoms with van der Waals surface area (Å²) in [6.45, 7) is 0. The van der Waals surface area contributed by atoms with Crippen molar-refractivity contribution in [3.05, 3.63) is 75.5 Å². The van der Waals surface area contributed by atoms with Gasteiger partial charge in [-0.3, -0.25) is 4.79 Å².